The van der Waals surface area contributed by atoms with Gasteiger partial charge in [0.25, 0.3) is 5.56 Å². The third-order valence-electron chi connectivity index (χ3n) is 6.15. The van der Waals surface area contributed by atoms with Crippen LogP contribution in [0.5, 0.6) is 11.5 Å². The van der Waals surface area contributed by atoms with E-state index in [4.69, 9.17) is 9.15 Å². The van der Waals surface area contributed by atoms with Gasteiger partial charge in [0.2, 0.25) is 0 Å². The number of aromatic nitrogens is 1. The minimum Gasteiger partial charge on any atom is -0.505 e. The lowest BCUT2D eigenvalue weighted by Gasteiger charge is -2.20. The molecule has 35 heavy (non-hydrogen) atoms. The molecule has 0 bridgehead atoms. The van der Waals surface area contributed by atoms with Crippen LogP contribution in [0.15, 0.2) is 72.3 Å². The maximum absolute atomic E-state index is 13.6. The summed E-state index contributed by atoms with van der Waals surface area (Å²) in [7, 11) is 1.54. The molecule has 2 aromatic heterocycles. The molecule has 10 heteroatoms. The largest absolute Gasteiger partial charge is 0.505 e. The number of nitrogens with zero attached hydrogens (tertiary/aromatic N) is 1. The van der Waals surface area contributed by atoms with E-state index in [1.165, 1.54) is 29.9 Å². The van der Waals surface area contributed by atoms with Crippen LogP contribution in [0.2, 0.25) is 0 Å². The van der Waals surface area contributed by atoms with E-state index in [0.29, 0.717) is 28.9 Å². The Balaban J connectivity index is 1.72. The molecule has 1 N–H and O–H groups in total. The van der Waals surface area contributed by atoms with Crippen LogP contribution in [0.3, 0.4) is 0 Å². The molecule has 0 saturated heterocycles. The van der Waals surface area contributed by atoms with E-state index in [0.717, 1.165) is 17.7 Å². The van der Waals surface area contributed by atoms with Gasteiger partial charge in [-0.3, -0.25) is 9.36 Å². The number of halogens is 3. The number of alkyl halides is 3. The van der Waals surface area contributed by atoms with Gasteiger partial charge in [-0.2, -0.15) is 13.2 Å². The molecular weight excluding hydrogens is 483 g/mol. The molecule has 2 aromatic carbocycles. The van der Waals surface area contributed by atoms with Gasteiger partial charge in [-0.1, -0.05) is 31.7 Å². The number of hydrogen-bond acceptors (Lipinski definition) is 6. The van der Waals surface area contributed by atoms with Crippen molar-refractivity contribution in [3.8, 4) is 17.2 Å². The van der Waals surface area contributed by atoms with Crippen molar-refractivity contribution in [3.63, 3.8) is 0 Å². The fourth-order valence-electron chi connectivity index (χ4n) is 4.36. The van der Waals surface area contributed by atoms with E-state index < -0.39 is 34.1 Å². The van der Waals surface area contributed by atoms with Crippen LogP contribution in [0.4, 0.5) is 13.2 Å². The summed E-state index contributed by atoms with van der Waals surface area (Å²) in [6.07, 6.45) is -4.57. The Labute approximate surface area is 200 Å². The van der Waals surface area contributed by atoms with E-state index in [9.17, 15) is 27.9 Å². The Morgan fingerprint density at radius 2 is 1.83 bits per heavy atom. The Kier molecular flexibility index (Phi) is 5.06. The Hall–Kier alpha value is -3.66. The van der Waals surface area contributed by atoms with Crippen molar-refractivity contribution < 1.29 is 27.4 Å². The molecule has 6 nitrogen and oxygen atoms in total. The number of fused-ring (bicyclic) bond motifs is 4. The van der Waals surface area contributed by atoms with Crippen LogP contribution >= 0.6 is 11.8 Å². The second kappa shape index (κ2) is 7.67. The van der Waals surface area contributed by atoms with Gasteiger partial charge < -0.3 is 14.3 Å². The molecule has 3 heterocycles. The molecule has 0 aliphatic carbocycles. The Morgan fingerprint density at radius 1 is 1.09 bits per heavy atom. The van der Waals surface area contributed by atoms with E-state index in [2.05, 4.69) is 0 Å². The average molecular weight is 501 g/mol. The van der Waals surface area contributed by atoms with Crippen molar-refractivity contribution in [1.29, 1.82) is 0 Å². The van der Waals surface area contributed by atoms with Gasteiger partial charge >= 0.3 is 11.8 Å². The quantitative estimate of drug-likeness (QED) is 0.401. The molecule has 0 spiro atoms. The monoisotopic (exact) mass is 501 g/mol. The normalized spacial score (nSPS) is 14.1. The van der Waals surface area contributed by atoms with Crippen molar-refractivity contribution >= 4 is 22.7 Å². The van der Waals surface area contributed by atoms with Crippen LogP contribution < -0.4 is 15.9 Å². The fourth-order valence-corrected chi connectivity index (χ4v) is 5.25. The molecule has 5 rings (SSSR count). The number of rotatable bonds is 3. The summed E-state index contributed by atoms with van der Waals surface area (Å²) < 4.78 is 51.4. The van der Waals surface area contributed by atoms with Gasteiger partial charge in [-0.05, 0) is 42.0 Å². The number of pyridine rings is 1. The van der Waals surface area contributed by atoms with Gasteiger partial charge in [-0.15, -0.1) is 0 Å². The summed E-state index contributed by atoms with van der Waals surface area (Å²) in [6, 6.07) is 11.1. The van der Waals surface area contributed by atoms with Crippen molar-refractivity contribution in [3.05, 3.63) is 86.1 Å². The summed E-state index contributed by atoms with van der Waals surface area (Å²) in [5.74, 6) is -0.0323. The molecule has 0 radical (unpaired) electrons. The molecule has 0 atom stereocenters. The summed E-state index contributed by atoms with van der Waals surface area (Å²) in [6.45, 7) is 3.82. The Morgan fingerprint density at radius 3 is 2.51 bits per heavy atom. The van der Waals surface area contributed by atoms with Crippen molar-refractivity contribution in [2.24, 2.45) is 0 Å². The maximum Gasteiger partial charge on any atom is 0.416 e. The third kappa shape index (κ3) is 3.51. The van der Waals surface area contributed by atoms with Crippen LogP contribution in [0.25, 0.3) is 16.7 Å². The zero-order valence-corrected chi connectivity index (χ0v) is 19.5. The zero-order chi connectivity index (χ0) is 25.3. The van der Waals surface area contributed by atoms with Crippen LogP contribution in [0.1, 0.15) is 30.7 Å². The first-order valence-electron chi connectivity index (χ1n) is 10.4. The molecule has 0 fully saturated rings. The maximum atomic E-state index is 13.6. The summed E-state index contributed by atoms with van der Waals surface area (Å²) >= 11 is 0.597. The van der Waals surface area contributed by atoms with Gasteiger partial charge in [0, 0.05) is 22.1 Å². The highest BCUT2D eigenvalue weighted by Gasteiger charge is 2.38. The average Bonchev–Trinajstić information content (AvgIpc) is 3.02. The molecule has 1 aliphatic rings. The smallest absolute Gasteiger partial charge is 0.416 e. The Bertz CT molecular complexity index is 1640. The highest BCUT2D eigenvalue weighted by molar-refractivity contribution is 7.99. The highest BCUT2D eigenvalue weighted by Crippen LogP contribution is 2.45. The fraction of sp³-hybridized carbons (Fsp3) is 0.200. The first-order chi connectivity index (χ1) is 16.4. The lowest BCUT2D eigenvalue weighted by atomic mass is 9.83. The molecule has 0 saturated carbocycles. The second-order valence-corrected chi connectivity index (χ2v) is 9.70. The van der Waals surface area contributed by atoms with Crippen molar-refractivity contribution in [1.82, 2.24) is 4.57 Å². The van der Waals surface area contributed by atoms with Gasteiger partial charge in [0.05, 0.1) is 18.4 Å². The van der Waals surface area contributed by atoms with E-state index in [-0.39, 0.29) is 20.8 Å². The summed E-state index contributed by atoms with van der Waals surface area (Å²) in [5.41, 5.74) is -1.27. The predicted molar refractivity (Wildman–Crippen MR) is 124 cm³/mol. The third-order valence-corrected chi connectivity index (χ3v) is 7.21. The van der Waals surface area contributed by atoms with Crippen LogP contribution in [-0.4, -0.2) is 16.8 Å². The number of benzene rings is 2. The molecule has 1 aliphatic heterocycles. The standard InChI is InChI=1S/C25H18F3NO5S/c1-24(2)15-10-13(33-3)7-8-16(15)29-18(24)11-17-19(22(29)31)20(30)21(23(32)34-17)35-14-6-4-5-12(9-14)25(26,27)28/h4-11,30H,1-3H3. The van der Waals surface area contributed by atoms with Crippen molar-refractivity contribution in [2.75, 3.05) is 7.11 Å². The van der Waals surface area contributed by atoms with Gasteiger partial charge in [0.1, 0.15) is 21.6 Å². The lowest BCUT2D eigenvalue weighted by molar-refractivity contribution is -0.137. The summed E-state index contributed by atoms with van der Waals surface area (Å²) in [5, 5.41) is 10.7. The minimum atomic E-state index is -4.57. The lowest BCUT2D eigenvalue weighted by Crippen LogP contribution is -2.24. The first kappa shape index (κ1) is 23.1. The highest BCUT2D eigenvalue weighted by atomic mass is 32.2. The minimum absolute atomic E-state index is 0.0570. The van der Waals surface area contributed by atoms with Crippen LogP contribution in [0, 0.1) is 0 Å². The first-order valence-corrected chi connectivity index (χ1v) is 11.3. The molecule has 0 amide bonds. The number of methoxy groups -OCH3 is 1. The topological polar surface area (TPSA) is 81.7 Å². The van der Waals surface area contributed by atoms with Crippen molar-refractivity contribution in [2.45, 2.75) is 35.2 Å². The predicted octanol–water partition coefficient (Wildman–Crippen LogP) is 5.47. The molecular formula is C25H18F3NO5S. The number of ether oxygens (including phenoxy) is 1. The molecule has 4 aromatic rings. The van der Waals surface area contributed by atoms with E-state index >= 15 is 0 Å². The number of hydrogen-bond donors (Lipinski definition) is 1. The second-order valence-electron chi connectivity index (χ2n) is 8.61. The van der Waals surface area contributed by atoms with Gasteiger partial charge in [0.15, 0.2) is 5.75 Å². The molecule has 180 valence electrons. The SMILES string of the molecule is COc1ccc2c(c1)C(C)(C)c1cc3oc(=O)c(Sc4cccc(C(F)(F)F)c4)c(O)c3c(=O)n1-2. The van der Waals surface area contributed by atoms with E-state index in [1.54, 1.807) is 12.1 Å². The number of aromatic hydroxyl groups is 1. The van der Waals surface area contributed by atoms with E-state index in [1.807, 2.05) is 19.9 Å². The van der Waals surface area contributed by atoms with Gasteiger partial charge in [-0.25, -0.2) is 4.79 Å². The molecule has 0 unspecified atom stereocenters. The van der Waals surface area contributed by atoms with Crippen LogP contribution in [-0.2, 0) is 11.6 Å². The zero-order valence-electron chi connectivity index (χ0n) is 18.7. The summed E-state index contributed by atoms with van der Waals surface area (Å²) in [4.78, 5) is 26.0.